The molecule has 1 aromatic carbocycles. The third kappa shape index (κ3) is 5.01. The SMILES string of the molecule is O=C(NCCc1nnc2n1CCN(Cc1cccc(-c3ccco3)c1)CC2)c1cccnc1. The largest absolute Gasteiger partial charge is 0.464 e. The molecule has 8 heteroatoms. The predicted octanol–water partition coefficient (Wildman–Crippen LogP) is 2.96. The molecule has 0 radical (unpaired) electrons. The van der Waals surface area contributed by atoms with E-state index >= 15 is 0 Å². The molecule has 5 rings (SSSR count). The van der Waals surface area contributed by atoms with Crippen molar-refractivity contribution in [3.8, 4) is 11.3 Å². The first-order valence-electron chi connectivity index (χ1n) is 11.2. The number of carbonyl (C=O) groups is 1. The molecule has 1 N–H and O–H groups in total. The molecule has 168 valence electrons. The zero-order valence-corrected chi connectivity index (χ0v) is 18.4. The number of rotatable bonds is 7. The van der Waals surface area contributed by atoms with Gasteiger partial charge in [0.2, 0.25) is 0 Å². The zero-order chi connectivity index (χ0) is 22.5. The molecule has 3 aromatic heterocycles. The highest BCUT2D eigenvalue weighted by Gasteiger charge is 2.19. The van der Waals surface area contributed by atoms with E-state index < -0.39 is 0 Å². The van der Waals surface area contributed by atoms with Crippen LogP contribution in [0.15, 0.2) is 71.6 Å². The molecule has 0 fully saturated rings. The predicted molar refractivity (Wildman–Crippen MR) is 123 cm³/mol. The number of benzene rings is 1. The minimum atomic E-state index is -0.123. The molecule has 1 amide bonds. The minimum Gasteiger partial charge on any atom is -0.464 e. The van der Waals surface area contributed by atoms with Crippen molar-refractivity contribution in [1.29, 1.82) is 0 Å². The van der Waals surface area contributed by atoms with E-state index in [0.29, 0.717) is 18.5 Å². The lowest BCUT2D eigenvalue weighted by atomic mass is 10.1. The zero-order valence-electron chi connectivity index (χ0n) is 18.4. The Labute approximate surface area is 192 Å². The Morgan fingerprint density at radius 2 is 2.03 bits per heavy atom. The molecule has 0 saturated heterocycles. The van der Waals surface area contributed by atoms with Crippen LogP contribution >= 0.6 is 0 Å². The van der Waals surface area contributed by atoms with Crippen LogP contribution in [0.2, 0.25) is 0 Å². The number of amides is 1. The van der Waals surface area contributed by atoms with Gasteiger partial charge in [-0.25, -0.2) is 0 Å². The number of fused-ring (bicyclic) bond motifs is 1. The van der Waals surface area contributed by atoms with Crippen molar-refractivity contribution in [1.82, 2.24) is 30.0 Å². The quantitative estimate of drug-likeness (QED) is 0.473. The molecule has 8 nitrogen and oxygen atoms in total. The molecule has 4 aromatic rings. The summed E-state index contributed by atoms with van der Waals surface area (Å²) in [6, 6.07) is 15.9. The van der Waals surface area contributed by atoms with Crippen LogP contribution in [-0.2, 0) is 25.9 Å². The van der Waals surface area contributed by atoms with Gasteiger partial charge in [-0.3, -0.25) is 14.7 Å². The molecule has 0 aliphatic carbocycles. The number of nitrogens with one attached hydrogen (secondary N) is 1. The van der Waals surface area contributed by atoms with Gasteiger partial charge < -0.3 is 14.3 Å². The molecule has 1 aliphatic rings. The summed E-state index contributed by atoms with van der Waals surface area (Å²) in [5.41, 5.74) is 2.92. The number of aromatic nitrogens is 4. The monoisotopic (exact) mass is 442 g/mol. The second-order valence-electron chi connectivity index (χ2n) is 8.14. The molecular weight excluding hydrogens is 416 g/mol. The van der Waals surface area contributed by atoms with Crippen molar-refractivity contribution >= 4 is 5.91 Å². The second kappa shape index (κ2) is 9.79. The van der Waals surface area contributed by atoms with Gasteiger partial charge in [-0.2, -0.15) is 0 Å². The van der Waals surface area contributed by atoms with E-state index in [1.54, 1.807) is 30.8 Å². The average molecular weight is 443 g/mol. The standard InChI is InChI=1S/C25H26N6O2/c32-25(21-6-2-10-26-17-21)27-11-8-23-28-29-24-9-12-30(13-14-31(23)24)18-19-4-1-5-20(16-19)22-7-3-15-33-22/h1-7,10,15-17H,8-9,11-14,18H2,(H,27,32). The molecule has 4 heterocycles. The summed E-state index contributed by atoms with van der Waals surface area (Å²) >= 11 is 0. The van der Waals surface area contributed by atoms with Crippen LogP contribution in [0.3, 0.4) is 0 Å². The van der Waals surface area contributed by atoms with Crippen LogP contribution in [0.1, 0.15) is 27.6 Å². The van der Waals surface area contributed by atoms with Crippen molar-refractivity contribution < 1.29 is 9.21 Å². The van der Waals surface area contributed by atoms with Gasteiger partial charge in [0.1, 0.15) is 17.4 Å². The summed E-state index contributed by atoms with van der Waals surface area (Å²) in [5.74, 6) is 2.69. The van der Waals surface area contributed by atoms with Crippen LogP contribution in [0.4, 0.5) is 0 Å². The number of nitrogens with zero attached hydrogens (tertiary/aromatic N) is 5. The van der Waals surface area contributed by atoms with Crippen molar-refractivity contribution in [2.45, 2.75) is 25.9 Å². The van der Waals surface area contributed by atoms with Crippen molar-refractivity contribution in [2.24, 2.45) is 0 Å². The maximum Gasteiger partial charge on any atom is 0.252 e. The summed E-state index contributed by atoms with van der Waals surface area (Å²) in [4.78, 5) is 18.7. The molecular formula is C25H26N6O2. The summed E-state index contributed by atoms with van der Waals surface area (Å²) in [5, 5.41) is 11.7. The molecule has 1 aliphatic heterocycles. The minimum absolute atomic E-state index is 0.123. The van der Waals surface area contributed by atoms with Gasteiger partial charge in [0, 0.05) is 63.5 Å². The van der Waals surface area contributed by atoms with Crippen LogP contribution in [-0.4, -0.2) is 50.2 Å². The lowest BCUT2D eigenvalue weighted by molar-refractivity contribution is 0.0953. The average Bonchev–Trinajstić information content (AvgIpc) is 3.48. The lowest BCUT2D eigenvalue weighted by Crippen LogP contribution is -2.28. The smallest absolute Gasteiger partial charge is 0.252 e. The van der Waals surface area contributed by atoms with Crippen LogP contribution < -0.4 is 5.32 Å². The first kappa shape index (κ1) is 21.1. The van der Waals surface area contributed by atoms with E-state index in [-0.39, 0.29) is 5.91 Å². The van der Waals surface area contributed by atoms with Crippen LogP contribution in [0, 0.1) is 0 Å². The topological polar surface area (TPSA) is 89.1 Å². The second-order valence-corrected chi connectivity index (χ2v) is 8.14. The fraction of sp³-hybridized carbons (Fsp3) is 0.280. The van der Waals surface area contributed by atoms with Crippen molar-refractivity contribution in [3.63, 3.8) is 0 Å². The molecule has 0 bridgehead atoms. The lowest BCUT2D eigenvalue weighted by Gasteiger charge is -2.20. The summed E-state index contributed by atoms with van der Waals surface area (Å²) < 4.78 is 7.74. The Balaban J connectivity index is 1.17. The van der Waals surface area contributed by atoms with E-state index in [1.807, 2.05) is 12.1 Å². The van der Waals surface area contributed by atoms with Crippen LogP contribution in [0.5, 0.6) is 0 Å². The van der Waals surface area contributed by atoms with E-state index in [1.165, 1.54) is 5.56 Å². The first-order chi connectivity index (χ1) is 16.3. The van der Waals surface area contributed by atoms with E-state index in [4.69, 9.17) is 4.42 Å². The third-order valence-electron chi connectivity index (χ3n) is 5.89. The normalized spacial score (nSPS) is 13.9. The maximum atomic E-state index is 12.2. The number of hydrogen-bond donors (Lipinski definition) is 1. The Morgan fingerprint density at radius 1 is 1.06 bits per heavy atom. The van der Waals surface area contributed by atoms with Gasteiger partial charge in [0.15, 0.2) is 0 Å². The molecule has 0 unspecified atom stereocenters. The van der Waals surface area contributed by atoms with E-state index in [2.05, 4.69) is 54.2 Å². The Hall–Kier alpha value is -3.78. The fourth-order valence-electron chi connectivity index (χ4n) is 4.18. The Kier molecular flexibility index (Phi) is 6.25. The molecule has 0 spiro atoms. The molecule has 0 atom stereocenters. The van der Waals surface area contributed by atoms with Gasteiger partial charge in [-0.05, 0) is 35.9 Å². The Morgan fingerprint density at radius 3 is 2.88 bits per heavy atom. The van der Waals surface area contributed by atoms with E-state index in [0.717, 1.165) is 55.6 Å². The summed E-state index contributed by atoms with van der Waals surface area (Å²) in [7, 11) is 0. The molecule has 33 heavy (non-hydrogen) atoms. The molecule has 0 saturated carbocycles. The van der Waals surface area contributed by atoms with E-state index in [9.17, 15) is 4.79 Å². The van der Waals surface area contributed by atoms with Crippen LogP contribution in [0.25, 0.3) is 11.3 Å². The van der Waals surface area contributed by atoms with Gasteiger partial charge in [0.25, 0.3) is 5.91 Å². The highest BCUT2D eigenvalue weighted by Crippen LogP contribution is 2.22. The maximum absolute atomic E-state index is 12.2. The highest BCUT2D eigenvalue weighted by molar-refractivity contribution is 5.93. The summed E-state index contributed by atoms with van der Waals surface area (Å²) in [6.45, 7) is 4.08. The number of furan rings is 1. The van der Waals surface area contributed by atoms with Gasteiger partial charge >= 0.3 is 0 Å². The van der Waals surface area contributed by atoms with Gasteiger partial charge in [-0.15, -0.1) is 10.2 Å². The van der Waals surface area contributed by atoms with Crippen molar-refractivity contribution in [2.75, 3.05) is 19.6 Å². The number of carbonyl (C=O) groups excluding carboxylic acids is 1. The Bertz CT molecular complexity index is 1200. The number of hydrogen-bond acceptors (Lipinski definition) is 6. The third-order valence-corrected chi connectivity index (χ3v) is 5.89. The highest BCUT2D eigenvalue weighted by atomic mass is 16.3. The summed E-state index contributed by atoms with van der Waals surface area (Å²) in [6.07, 6.45) is 6.42. The van der Waals surface area contributed by atoms with Gasteiger partial charge in [0.05, 0.1) is 11.8 Å². The van der Waals surface area contributed by atoms with Gasteiger partial charge in [-0.1, -0.05) is 18.2 Å². The number of pyridine rings is 1. The first-order valence-corrected chi connectivity index (χ1v) is 11.2. The van der Waals surface area contributed by atoms with Crippen molar-refractivity contribution in [3.05, 3.63) is 90.0 Å². The fourth-order valence-corrected chi connectivity index (χ4v) is 4.18.